The molecule has 44 valence electrons. The van der Waals surface area contributed by atoms with Crippen molar-refractivity contribution >= 4 is 0 Å². The van der Waals surface area contributed by atoms with E-state index in [1.807, 2.05) is 0 Å². The van der Waals surface area contributed by atoms with Gasteiger partial charge in [-0.3, -0.25) is 0 Å². The van der Waals surface area contributed by atoms with Gasteiger partial charge in [0.1, 0.15) is 0 Å². The third-order valence-corrected chi connectivity index (χ3v) is 1.26. The first kappa shape index (κ1) is 4.53. The molecule has 0 amide bonds. The van der Waals surface area contributed by atoms with E-state index in [9.17, 15) is 0 Å². The zero-order chi connectivity index (χ0) is 5.40. The smallest absolute Gasteiger partial charge is 0.0992 e. The highest BCUT2D eigenvalue weighted by atomic mass is 16.6. The average molecular weight is 112 g/mol. The molecule has 0 bridgehead atoms. The minimum absolute atomic E-state index is 0.416. The summed E-state index contributed by atoms with van der Waals surface area (Å²) in [5, 5.41) is 0. The summed E-state index contributed by atoms with van der Waals surface area (Å²) in [5.74, 6) is 0. The highest BCUT2D eigenvalue weighted by Crippen LogP contribution is 2.15. The van der Waals surface area contributed by atoms with E-state index in [2.05, 4.69) is 12.2 Å². The van der Waals surface area contributed by atoms with Gasteiger partial charge in [0.05, 0.1) is 25.4 Å². The normalized spacial score (nSPS) is 43.0. The Kier molecular flexibility index (Phi) is 0.889. The second-order valence-corrected chi connectivity index (χ2v) is 2.13. The average Bonchev–Trinajstić information content (AvgIpc) is 2.60. The summed E-state index contributed by atoms with van der Waals surface area (Å²) in [7, 11) is 0. The monoisotopic (exact) mass is 112 g/mol. The Bertz CT molecular complexity index is 97.7. The maximum absolute atomic E-state index is 4.94. The molecule has 2 heterocycles. The van der Waals surface area contributed by atoms with Crippen LogP contribution >= 0.6 is 0 Å². The minimum Gasteiger partial charge on any atom is -0.369 e. The summed E-state index contributed by atoms with van der Waals surface area (Å²) in [5.41, 5.74) is 0. The molecule has 2 fully saturated rings. The van der Waals surface area contributed by atoms with Crippen molar-refractivity contribution in [3.05, 3.63) is 12.2 Å². The summed E-state index contributed by atoms with van der Waals surface area (Å²) in [6, 6.07) is 0. The van der Waals surface area contributed by atoms with Gasteiger partial charge in [-0.05, 0) is 0 Å². The van der Waals surface area contributed by atoms with Crippen LogP contribution in [-0.4, -0.2) is 25.4 Å². The Morgan fingerprint density at radius 1 is 1.00 bits per heavy atom. The van der Waals surface area contributed by atoms with E-state index in [-0.39, 0.29) is 0 Å². The first-order valence-corrected chi connectivity index (χ1v) is 2.87. The standard InChI is InChI=1S/C6H8O2/c1(5-3-7-5)2-6-4-8-6/h1-2,5-6H,3-4H2. The summed E-state index contributed by atoms with van der Waals surface area (Å²) in [6.07, 6.45) is 4.97. The topological polar surface area (TPSA) is 25.1 Å². The van der Waals surface area contributed by atoms with Gasteiger partial charge < -0.3 is 9.47 Å². The Balaban J connectivity index is 1.76. The van der Waals surface area contributed by atoms with Gasteiger partial charge in [0, 0.05) is 0 Å². The highest BCUT2D eigenvalue weighted by molar-refractivity contribution is 5.02. The molecule has 2 unspecified atom stereocenters. The molecule has 0 radical (unpaired) electrons. The van der Waals surface area contributed by atoms with Crippen molar-refractivity contribution in [1.29, 1.82) is 0 Å². The van der Waals surface area contributed by atoms with E-state index >= 15 is 0 Å². The second-order valence-electron chi connectivity index (χ2n) is 2.13. The zero-order valence-corrected chi connectivity index (χ0v) is 4.54. The summed E-state index contributed by atoms with van der Waals surface area (Å²) in [6.45, 7) is 1.81. The summed E-state index contributed by atoms with van der Waals surface area (Å²) in [4.78, 5) is 0. The molecule has 2 rings (SSSR count). The van der Waals surface area contributed by atoms with Gasteiger partial charge in [0.15, 0.2) is 0 Å². The molecule has 2 heteroatoms. The van der Waals surface area contributed by atoms with Crippen LogP contribution < -0.4 is 0 Å². The Morgan fingerprint density at radius 3 is 1.62 bits per heavy atom. The van der Waals surface area contributed by atoms with Gasteiger partial charge in [-0.15, -0.1) is 0 Å². The lowest BCUT2D eigenvalue weighted by molar-refractivity contribution is 0.431. The molecular weight excluding hydrogens is 104 g/mol. The number of ether oxygens (including phenoxy) is 2. The molecule has 0 spiro atoms. The Morgan fingerprint density at radius 2 is 1.38 bits per heavy atom. The molecule has 2 aliphatic heterocycles. The number of hydrogen-bond acceptors (Lipinski definition) is 2. The third kappa shape index (κ3) is 1.08. The van der Waals surface area contributed by atoms with E-state index in [0.29, 0.717) is 12.2 Å². The quantitative estimate of drug-likeness (QED) is 0.380. The molecule has 0 aromatic carbocycles. The SMILES string of the molecule is C(=CC1CO1)C1CO1. The van der Waals surface area contributed by atoms with Gasteiger partial charge >= 0.3 is 0 Å². The van der Waals surface area contributed by atoms with Crippen molar-refractivity contribution in [3.8, 4) is 0 Å². The van der Waals surface area contributed by atoms with Crippen LogP contribution in [0.3, 0.4) is 0 Å². The summed E-state index contributed by atoms with van der Waals surface area (Å²) >= 11 is 0. The van der Waals surface area contributed by atoms with Crippen molar-refractivity contribution < 1.29 is 9.47 Å². The zero-order valence-electron chi connectivity index (χ0n) is 4.54. The second kappa shape index (κ2) is 1.57. The highest BCUT2D eigenvalue weighted by Gasteiger charge is 2.22. The molecule has 2 saturated heterocycles. The summed E-state index contributed by atoms with van der Waals surface area (Å²) < 4.78 is 9.89. The molecule has 0 saturated carbocycles. The molecular formula is C6H8O2. The van der Waals surface area contributed by atoms with Crippen molar-refractivity contribution in [2.75, 3.05) is 13.2 Å². The van der Waals surface area contributed by atoms with E-state index in [4.69, 9.17) is 9.47 Å². The molecule has 2 atom stereocenters. The molecule has 8 heavy (non-hydrogen) atoms. The molecule has 0 aromatic heterocycles. The van der Waals surface area contributed by atoms with E-state index in [1.54, 1.807) is 0 Å². The number of rotatable bonds is 2. The maximum atomic E-state index is 4.94. The fourth-order valence-electron chi connectivity index (χ4n) is 0.581. The van der Waals surface area contributed by atoms with Crippen LogP contribution in [0, 0.1) is 0 Å². The van der Waals surface area contributed by atoms with E-state index in [0.717, 1.165) is 13.2 Å². The van der Waals surface area contributed by atoms with E-state index < -0.39 is 0 Å². The van der Waals surface area contributed by atoms with Gasteiger partial charge in [0.25, 0.3) is 0 Å². The van der Waals surface area contributed by atoms with Crippen molar-refractivity contribution in [2.45, 2.75) is 12.2 Å². The lowest BCUT2D eigenvalue weighted by atomic mass is 10.3. The Hall–Kier alpha value is -0.340. The van der Waals surface area contributed by atoms with Gasteiger partial charge in [-0.25, -0.2) is 0 Å². The van der Waals surface area contributed by atoms with Crippen molar-refractivity contribution in [3.63, 3.8) is 0 Å². The van der Waals surface area contributed by atoms with Crippen LogP contribution in [0.5, 0.6) is 0 Å². The largest absolute Gasteiger partial charge is 0.369 e. The van der Waals surface area contributed by atoms with Crippen LogP contribution in [0.25, 0.3) is 0 Å². The molecule has 0 N–H and O–H groups in total. The maximum Gasteiger partial charge on any atom is 0.0992 e. The van der Waals surface area contributed by atoms with Crippen LogP contribution in [0.4, 0.5) is 0 Å². The number of epoxide rings is 2. The fraction of sp³-hybridized carbons (Fsp3) is 0.667. The lowest BCUT2D eigenvalue weighted by Crippen LogP contribution is -1.78. The minimum atomic E-state index is 0.416. The van der Waals surface area contributed by atoms with Crippen molar-refractivity contribution in [1.82, 2.24) is 0 Å². The fourth-order valence-corrected chi connectivity index (χ4v) is 0.581. The molecule has 0 aliphatic carbocycles. The number of hydrogen-bond donors (Lipinski definition) is 0. The predicted octanol–water partition coefficient (Wildman–Crippen LogP) is 0.340. The van der Waals surface area contributed by atoms with Crippen molar-refractivity contribution in [2.24, 2.45) is 0 Å². The van der Waals surface area contributed by atoms with Crippen LogP contribution in [0.1, 0.15) is 0 Å². The van der Waals surface area contributed by atoms with Crippen LogP contribution in [0.2, 0.25) is 0 Å². The van der Waals surface area contributed by atoms with Gasteiger partial charge in [-0.2, -0.15) is 0 Å². The predicted molar refractivity (Wildman–Crippen MR) is 28.6 cm³/mol. The van der Waals surface area contributed by atoms with Crippen LogP contribution in [-0.2, 0) is 9.47 Å². The first-order valence-electron chi connectivity index (χ1n) is 2.87. The van der Waals surface area contributed by atoms with Crippen LogP contribution in [0.15, 0.2) is 12.2 Å². The van der Waals surface area contributed by atoms with Gasteiger partial charge in [-0.1, -0.05) is 12.2 Å². The van der Waals surface area contributed by atoms with E-state index in [1.165, 1.54) is 0 Å². The third-order valence-electron chi connectivity index (χ3n) is 1.26. The molecule has 0 aromatic rings. The van der Waals surface area contributed by atoms with Gasteiger partial charge in [0.2, 0.25) is 0 Å². The molecule has 2 nitrogen and oxygen atoms in total. The first-order chi connectivity index (χ1) is 3.95. The molecule has 2 aliphatic rings. The lowest BCUT2D eigenvalue weighted by Gasteiger charge is -1.73. The Labute approximate surface area is 48.1 Å².